The van der Waals surface area contributed by atoms with Gasteiger partial charge in [-0.3, -0.25) is 4.79 Å². The van der Waals surface area contributed by atoms with Crippen molar-refractivity contribution in [3.63, 3.8) is 0 Å². The third-order valence-corrected chi connectivity index (χ3v) is 2.55. The smallest absolute Gasteiger partial charge is 0.155 e. The Labute approximate surface area is 106 Å². The summed E-state index contributed by atoms with van der Waals surface area (Å²) in [5, 5.41) is -0.0443. The second-order valence-corrected chi connectivity index (χ2v) is 3.96. The van der Waals surface area contributed by atoms with Crippen LogP contribution in [0.2, 0.25) is 5.15 Å². The van der Waals surface area contributed by atoms with Crippen molar-refractivity contribution in [3.8, 4) is 11.3 Å². The number of halogens is 3. The third-order valence-electron chi connectivity index (χ3n) is 2.26. The third kappa shape index (κ3) is 2.36. The minimum absolute atomic E-state index is 0.00673. The number of benzene rings is 1. The molecule has 0 N–H and O–H groups in total. The summed E-state index contributed by atoms with van der Waals surface area (Å²) in [7, 11) is 0. The Balaban J connectivity index is 2.73. The molecule has 1 aromatic heterocycles. The molecule has 2 aromatic rings. The summed E-state index contributed by atoms with van der Waals surface area (Å²) in [6.07, 6.45) is 0.458. The minimum atomic E-state index is -0.755. The molecular weight excluding hydrogens is 262 g/mol. The summed E-state index contributed by atoms with van der Waals surface area (Å²) in [4.78, 5) is 18.8. The second-order valence-electron chi connectivity index (χ2n) is 3.60. The molecule has 0 atom stereocenters. The first kappa shape index (κ1) is 12.6. The van der Waals surface area contributed by atoms with E-state index in [1.807, 2.05) is 0 Å². The summed E-state index contributed by atoms with van der Waals surface area (Å²) in [6.45, 7) is 1.57. The van der Waals surface area contributed by atoms with Crippen molar-refractivity contribution in [2.75, 3.05) is 0 Å². The van der Waals surface area contributed by atoms with Gasteiger partial charge in [0.15, 0.2) is 6.29 Å². The van der Waals surface area contributed by atoms with Crippen LogP contribution in [0, 0.1) is 18.6 Å². The zero-order valence-corrected chi connectivity index (χ0v) is 10.0. The molecule has 2 rings (SSSR count). The van der Waals surface area contributed by atoms with Crippen molar-refractivity contribution >= 4 is 17.9 Å². The van der Waals surface area contributed by atoms with Crippen molar-refractivity contribution in [2.24, 2.45) is 0 Å². The molecule has 0 aliphatic carbocycles. The number of rotatable bonds is 2. The van der Waals surface area contributed by atoms with E-state index in [1.165, 1.54) is 0 Å². The molecule has 0 saturated carbocycles. The van der Waals surface area contributed by atoms with Crippen LogP contribution in [0.15, 0.2) is 18.2 Å². The van der Waals surface area contributed by atoms with Gasteiger partial charge in [0, 0.05) is 11.6 Å². The van der Waals surface area contributed by atoms with Gasteiger partial charge in [-0.15, -0.1) is 0 Å². The molecule has 0 fully saturated rings. The molecule has 18 heavy (non-hydrogen) atoms. The lowest BCUT2D eigenvalue weighted by atomic mass is 10.1. The molecule has 1 heterocycles. The number of carbonyl (C=O) groups is 1. The van der Waals surface area contributed by atoms with Crippen LogP contribution in [0.5, 0.6) is 0 Å². The SMILES string of the molecule is Cc1nc(Cl)c(C=O)c(-c2cc(F)cc(F)c2)n1. The molecule has 92 valence electrons. The van der Waals surface area contributed by atoms with E-state index in [4.69, 9.17) is 11.6 Å². The minimum Gasteiger partial charge on any atom is -0.298 e. The Morgan fingerprint density at radius 2 is 1.78 bits per heavy atom. The molecule has 3 nitrogen and oxygen atoms in total. The molecule has 0 aliphatic heterocycles. The maximum Gasteiger partial charge on any atom is 0.155 e. The van der Waals surface area contributed by atoms with Gasteiger partial charge < -0.3 is 0 Å². The van der Waals surface area contributed by atoms with Crippen molar-refractivity contribution in [3.05, 3.63) is 46.4 Å². The fraction of sp³-hybridized carbons (Fsp3) is 0.0833. The number of hydrogen-bond acceptors (Lipinski definition) is 3. The highest BCUT2D eigenvalue weighted by Gasteiger charge is 2.14. The van der Waals surface area contributed by atoms with Gasteiger partial charge >= 0.3 is 0 Å². The zero-order valence-electron chi connectivity index (χ0n) is 9.25. The number of hydrogen-bond donors (Lipinski definition) is 0. The van der Waals surface area contributed by atoms with Crippen LogP contribution < -0.4 is 0 Å². The molecule has 0 spiro atoms. The van der Waals surface area contributed by atoms with E-state index >= 15 is 0 Å². The van der Waals surface area contributed by atoms with E-state index < -0.39 is 11.6 Å². The first-order valence-electron chi connectivity index (χ1n) is 4.97. The van der Waals surface area contributed by atoms with Crippen LogP contribution in [0.4, 0.5) is 8.78 Å². The van der Waals surface area contributed by atoms with Crippen molar-refractivity contribution < 1.29 is 13.6 Å². The summed E-state index contributed by atoms with van der Waals surface area (Å²) in [5.41, 5.74) is 0.259. The van der Waals surface area contributed by atoms with Crippen molar-refractivity contribution in [1.82, 2.24) is 9.97 Å². The molecule has 6 heteroatoms. The van der Waals surface area contributed by atoms with E-state index in [0.717, 1.165) is 18.2 Å². The average molecular weight is 269 g/mol. The van der Waals surface area contributed by atoms with Crippen LogP contribution in [0.25, 0.3) is 11.3 Å². The highest BCUT2D eigenvalue weighted by Crippen LogP contribution is 2.26. The van der Waals surface area contributed by atoms with Gasteiger partial charge in [0.2, 0.25) is 0 Å². The molecule has 0 bridgehead atoms. The van der Waals surface area contributed by atoms with Crippen molar-refractivity contribution in [1.29, 1.82) is 0 Å². The average Bonchev–Trinajstić information content (AvgIpc) is 2.26. The van der Waals surface area contributed by atoms with Gasteiger partial charge in [0.1, 0.15) is 22.6 Å². The van der Waals surface area contributed by atoms with E-state index in [1.54, 1.807) is 6.92 Å². The monoisotopic (exact) mass is 268 g/mol. The highest BCUT2D eigenvalue weighted by molar-refractivity contribution is 6.32. The Kier molecular flexibility index (Phi) is 3.34. The molecule has 0 radical (unpaired) electrons. The maximum absolute atomic E-state index is 13.1. The van der Waals surface area contributed by atoms with Gasteiger partial charge in [0.25, 0.3) is 0 Å². The predicted octanol–water partition coefficient (Wildman–Crippen LogP) is 3.20. The van der Waals surface area contributed by atoms with Gasteiger partial charge in [0.05, 0.1) is 11.3 Å². The Morgan fingerprint density at radius 1 is 1.17 bits per heavy atom. The quantitative estimate of drug-likeness (QED) is 0.620. The number of aldehydes is 1. The Morgan fingerprint density at radius 3 is 2.33 bits per heavy atom. The first-order valence-corrected chi connectivity index (χ1v) is 5.35. The topological polar surface area (TPSA) is 42.9 Å². The molecule has 0 amide bonds. The van der Waals surface area contributed by atoms with Gasteiger partial charge in [-0.25, -0.2) is 18.7 Å². The maximum atomic E-state index is 13.1. The van der Waals surface area contributed by atoms with Crippen LogP contribution >= 0.6 is 11.6 Å². The number of carbonyl (C=O) groups excluding carboxylic acids is 1. The molecule has 0 unspecified atom stereocenters. The Bertz CT molecular complexity index is 611. The zero-order chi connectivity index (χ0) is 13.3. The van der Waals surface area contributed by atoms with E-state index in [0.29, 0.717) is 12.1 Å². The number of aromatic nitrogens is 2. The van der Waals surface area contributed by atoms with Crippen LogP contribution in [0.3, 0.4) is 0 Å². The summed E-state index contributed by atoms with van der Waals surface area (Å²) in [5.74, 6) is -1.20. The van der Waals surface area contributed by atoms with Crippen LogP contribution in [-0.4, -0.2) is 16.3 Å². The number of aryl methyl sites for hydroxylation is 1. The van der Waals surface area contributed by atoms with Gasteiger partial charge in [-0.05, 0) is 19.1 Å². The Hall–Kier alpha value is -1.88. The lowest BCUT2D eigenvalue weighted by Gasteiger charge is -2.07. The summed E-state index contributed by atoms with van der Waals surface area (Å²) >= 11 is 5.79. The molecule has 1 aromatic carbocycles. The second kappa shape index (κ2) is 4.78. The predicted molar refractivity (Wildman–Crippen MR) is 62.5 cm³/mol. The van der Waals surface area contributed by atoms with Crippen molar-refractivity contribution in [2.45, 2.75) is 6.92 Å². The number of nitrogens with zero attached hydrogens (tertiary/aromatic N) is 2. The fourth-order valence-corrected chi connectivity index (χ4v) is 1.82. The molecule has 0 aliphatic rings. The van der Waals surface area contributed by atoms with Gasteiger partial charge in [-0.1, -0.05) is 11.6 Å². The van der Waals surface area contributed by atoms with E-state index in [9.17, 15) is 13.6 Å². The first-order chi connectivity index (χ1) is 8.51. The van der Waals surface area contributed by atoms with E-state index in [2.05, 4.69) is 9.97 Å². The van der Waals surface area contributed by atoms with Crippen LogP contribution in [0.1, 0.15) is 16.2 Å². The fourth-order valence-electron chi connectivity index (χ4n) is 1.56. The molecular formula is C12H7ClF2N2O. The van der Waals surface area contributed by atoms with Gasteiger partial charge in [-0.2, -0.15) is 0 Å². The normalized spacial score (nSPS) is 10.4. The standard InChI is InChI=1S/C12H7ClF2N2O/c1-6-16-11(10(5-18)12(13)17-6)7-2-8(14)4-9(15)3-7/h2-5H,1H3. The lowest BCUT2D eigenvalue weighted by molar-refractivity contribution is 0.112. The van der Waals surface area contributed by atoms with E-state index in [-0.39, 0.29) is 22.0 Å². The molecule has 0 saturated heterocycles. The summed E-state index contributed by atoms with van der Waals surface area (Å²) < 4.78 is 26.3. The lowest BCUT2D eigenvalue weighted by Crippen LogP contribution is -2.00. The highest BCUT2D eigenvalue weighted by atomic mass is 35.5. The summed E-state index contributed by atoms with van der Waals surface area (Å²) in [6, 6.07) is 2.89. The van der Waals surface area contributed by atoms with Crippen LogP contribution in [-0.2, 0) is 0 Å². The largest absolute Gasteiger partial charge is 0.298 e.